The summed E-state index contributed by atoms with van der Waals surface area (Å²) in [6.07, 6.45) is 4.31. The molecule has 0 bridgehead atoms. The highest BCUT2D eigenvalue weighted by Gasteiger charge is 2.55. The summed E-state index contributed by atoms with van der Waals surface area (Å²) < 4.78 is 5.30. The first-order valence-electron chi connectivity index (χ1n) is 12.5. The quantitative estimate of drug-likeness (QED) is 0.572. The number of nitrogens with one attached hydrogen (secondary N) is 1. The average Bonchev–Trinajstić information content (AvgIpc) is 3.43. The first-order chi connectivity index (χ1) is 16.7. The normalized spacial score (nSPS) is 21.3. The minimum atomic E-state index is -0.954. The fourth-order valence-electron chi connectivity index (χ4n) is 5.01. The molecule has 1 N–H and O–H groups in total. The lowest BCUT2D eigenvalue weighted by molar-refractivity contribution is -0.134. The number of pyridine rings is 1. The van der Waals surface area contributed by atoms with E-state index in [1.807, 2.05) is 26.0 Å². The number of carbonyl (C=O) groups is 3. The van der Waals surface area contributed by atoms with Gasteiger partial charge in [0.1, 0.15) is 11.3 Å². The van der Waals surface area contributed by atoms with Crippen molar-refractivity contribution in [2.75, 3.05) is 13.1 Å². The second-order valence-electron chi connectivity index (χ2n) is 10.4. The number of hydrogen-bond acceptors (Lipinski definition) is 6. The Morgan fingerprint density at radius 1 is 1.20 bits per heavy atom. The summed E-state index contributed by atoms with van der Waals surface area (Å²) in [5, 5.41) is 7.04. The summed E-state index contributed by atoms with van der Waals surface area (Å²) in [5.41, 5.74) is 0.0298. The van der Waals surface area contributed by atoms with Gasteiger partial charge in [-0.05, 0) is 49.7 Å². The Morgan fingerprint density at radius 3 is 2.54 bits per heavy atom. The number of amides is 4. The van der Waals surface area contributed by atoms with Crippen LogP contribution in [0.1, 0.15) is 81.2 Å². The Bertz CT molecular complexity index is 1060. The van der Waals surface area contributed by atoms with Crippen LogP contribution in [-0.2, 0) is 11.3 Å². The van der Waals surface area contributed by atoms with E-state index in [-0.39, 0.29) is 36.2 Å². The van der Waals surface area contributed by atoms with Gasteiger partial charge in [0.2, 0.25) is 0 Å². The molecule has 1 atom stereocenters. The molecule has 2 aromatic heterocycles. The molecule has 4 rings (SSSR count). The van der Waals surface area contributed by atoms with Gasteiger partial charge in [-0.15, -0.1) is 0 Å². The maximum absolute atomic E-state index is 13.8. The van der Waals surface area contributed by atoms with Crippen molar-refractivity contribution < 1.29 is 18.9 Å². The Labute approximate surface area is 206 Å². The standard InChI is InChI=1S/C26H35N5O4/c1-17(2)8-11-26(24(33)31(25(34)28-26)16-20-7-5-6-12-27-20)19-9-13-30(14-10-19)23(32)21-15-22(18(3)4)35-29-21/h5-7,12,15,17-19H,8-11,13-14,16H2,1-4H3,(H,28,34). The zero-order valence-electron chi connectivity index (χ0n) is 21.0. The molecule has 9 nitrogen and oxygen atoms in total. The molecule has 4 heterocycles. The lowest BCUT2D eigenvalue weighted by Crippen LogP contribution is -2.56. The van der Waals surface area contributed by atoms with Crippen molar-refractivity contribution in [3.63, 3.8) is 0 Å². The number of nitrogens with zero attached hydrogens (tertiary/aromatic N) is 4. The van der Waals surface area contributed by atoms with E-state index in [9.17, 15) is 14.4 Å². The fraction of sp³-hybridized carbons (Fsp3) is 0.577. The molecule has 0 spiro atoms. The van der Waals surface area contributed by atoms with Crippen LogP contribution in [0.5, 0.6) is 0 Å². The van der Waals surface area contributed by atoms with E-state index >= 15 is 0 Å². The molecule has 188 valence electrons. The van der Waals surface area contributed by atoms with E-state index in [1.165, 1.54) is 4.90 Å². The third kappa shape index (κ3) is 5.09. The number of piperidine rings is 1. The van der Waals surface area contributed by atoms with Gasteiger partial charge in [0.15, 0.2) is 5.69 Å². The van der Waals surface area contributed by atoms with Crippen LogP contribution in [0, 0.1) is 11.8 Å². The zero-order valence-corrected chi connectivity index (χ0v) is 21.0. The van der Waals surface area contributed by atoms with E-state index in [0.717, 1.165) is 6.42 Å². The third-order valence-electron chi connectivity index (χ3n) is 7.16. The summed E-state index contributed by atoms with van der Waals surface area (Å²) in [6.45, 7) is 9.36. The molecular formula is C26H35N5O4. The van der Waals surface area contributed by atoms with Gasteiger partial charge in [0.05, 0.1) is 12.2 Å². The topological polar surface area (TPSA) is 109 Å². The molecule has 2 aliphatic rings. The predicted octanol–water partition coefficient (Wildman–Crippen LogP) is 3.97. The molecule has 2 fully saturated rings. The molecule has 2 saturated heterocycles. The predicted molar refractivity (Wildman–Crippen MR) is 129 cm³/mol. The maximum atomic E-state index is 13.8. The molecule has 2 aromatic rings. The van der Waals surface area contributed by atoms with E-state index in [2.05, 4.69) is 29.3 Å². The highest BCUT2D eigenvalue weighted by molar-refractivity contribution is 6.07. The number of carbonyl (C=O) groups excluding carboxylic acids is 3. The summed E-state index contributed by atoms with van der Waals surface area (Å²) in [6, 6.07) is 6.80. The molecule has 4 amide bonds. The van der Waals surface area contributed by atoms with Crippen LogP contribution in [0.4, 0.5) is 4.79 Å². The summed E-state index contributed by atoms with van der Waals surface area (Å²) in [5.74, 6) is 0.833. The van der Waals surface area contributed by atoms with Gasteiger partial charge in [-0.1, -0.05) is 38.9 Å². The molecule has 1 unspecified atom stereocenters. The van der Waals surface area contributed by atoms with Crippen LogP contribution >= 0.6 is 0 Å². The Hall–Kier alpha value is -3.23. The summed E-state index contributed by atoms with van der Waals surface area (Å²) in [4.78, 5) is 47.1. The van der Waals surface area contributed by atoms with Crippen LogP contribution in [0.2, 0.25) is 0 Å². The van der Waals surface area contributed by atoms with E-state index < -0.39 is 5.54 Å². The molecular weight excluding hydrogens is 446 g/mol. The molecule has 0 aliphatic carbocycles. The smallest absolute Gasteiger partial charge is 0.325 e. The van der Waals surface area contributed by atoms with E-state index in [1.54, 1.807) is 23.2 Å². The van der Waals surface area contributed by atoms with Crippen molar-refractivity contribution in [1.29, 1.82) is 0 Å². The highest BCUT2D eigenvalue weighted by atomic mass is 16.5. The van der Waals surface area contributed by atoms with Gasteiger partial charge >= 0.3 is 6.03 Å². The zero-order chi connectivity index (χ0) is 25.2. The lowest BCUT2D eigenvalue weighted by atomic mass is 9.73. The Kier molecular flexibility index (Phi) is 7.23. The van der Waals surface area contributed by atoms with Gasteiger partial charge in [-0.2, -0.15) is 0 Å². The van der Waals surface area contributed by atoms with Gasteiger partial charge in [0, 0.05) is 31.3 Å². The van der Waals surface area contributed by atoms with Crippen LogP contribution < -0.4 is 5.32 Å². The van der Waals surface area contributed by atoms with Gasteiger partial charge in [-0.25, -0.2) is 4.79 Å². The van der Waals surface area contributed by atoms with Crippen LogP contribution in [0.15, 0.2) is 35.0 Å². The summed E-state index contributed by atoms with van der Waals surface area (Å²) >= 11 is 0. The molecule has 0 aromatic carbocycles. The van der Waals surface area contributed by atoms with E-state index in [0.29, 0.717) is 55.4 Å². The third-order valence-corrected chi connectivity index (χ3v) is 7.16. The molecule has 9 heteroatoms. The van der Waals surface area contributed by atoms with Crippen molar-refractivity contribution in [1.82, 2.24) is 25.3 Å². The minimum absolute atomic E-state index is 0.0565. The number of aromatic nitrogens is 2. The minimum Gasteiger partial charge on any atom is -0.360 e. The van der Waals surface area contributed by atoms with Crippen molar-refractivity contribution in [3.05, 3.63) is 47.6 Å². The molecule has 0 radical (unpaired) electrons. The first kappa shape index (κ1) is 24.9. The number of hydrogen-bond donors (Lipinski definition) is 1. The number of rotatable bonds is 8. The van der Waals surface area contributed by atoms with Crippen molar-refractivity contribution in [3.8, 4) is 0 Å². The summed E-state index contributed by atoms with van der Waals surface area (Å²) in [7, 11) is 0. The monoisotopic (exact) mass is 481 g/mol. The Morgan fingerprint density at radius 2 is 1.94 bits per heavy atom. The molecule has 0 saturated carbocycles. The Balaban J connectivity index is 1.49. The fourth-order valence-corrected chi connectivity index (χ4v) is 5.01. The van der Waals surface area contributed by atoms with Gasteiger partial charge < -0.3 is 14.7 Å². The van der Waals surface area contributed by atoms with Crippen LogP contribution in [0.3, 0.4) is 0 Å². The van der Waals surface area contributed by atoms with Crippen molar-refractivity contribution >= 4 is 17.8 Å². The molecule has 2 aliphatic heterocycles. The largest absolute Gasteiger partial charge is 0.360 e. The average molecular weight is 482 g/mol. The van der Waals surface area contributed by atoms with Gasteiger partial charge in [0.25, 0.3) is 11.8 Å². The van der Waals surface area contributed by atoms with Crippen molar-refractivity contribution in [2.45, 2.75) is 71.4 Å². The first-order valence-corrected chi connectivity index (χ1v) is 12.5. The van der Waals surface area contributed by atoms with Crippen LogP contribution in [-0.4, -0.2) is 56.4 Å². The van der Waals surface area contributed by atoms with Gasteiger partial charge in [-0.3, -0.25) is 19.5 Å². The second kappa shape index (κ2) is 10.2. The second-order valence-corrected chi connectivity index (χ2v) is 10.4. The SMILES string of the molecule is CC(C)CCC1(C2CCN(C(=O)c3cc(C(C)C)on3)CC2)NC(=O)N(Cc2ccccn2)C1=O. The lowest BCUT2D eigenvalue weighted by Gasteiger charge is -2.41. The van der Waals surface area contributed by atoms with Crippen molar-refractivity contribution in [2.24, 2.45) is 11.8 Å². The number of imide groups is 1. The molecule has 35 heavy (non-hydrogen) atoms. The highest BCUT2D eigenvalue weighted by Crippen LogP contribution is 2.38. The number of urea groups is 1. The number of likely N-dealkylation sites (tertiary alicyclic amines) is 1. The van der Waals surface area contributed by atoms with E-state index in [4.69, 9.17) is 4.52 Å². The van der Waals surface area contributed by atoms with Crippen LogP contribution in [0.25, 0.3) is 0 Å². The maximum Gasteiger partial charge on any atom is 0.325 e.